The summed E-state index contributed by atoms with van der Waals surface area (Å²) in [6.45, 7) is 0. The highest BCUT2D eigenvalue weighted by atomic mass is 16.6. The normalized spacial score (nSPS) is 11.5. The topological polar surface area (TPSA) is 110 Å². The maximum absolute atomic E-state index is 12.1. The van der Waals surface area contributed by atoms with Crippen LogP contribution in [0.3, 0.4) is 0 Å². The average molecular weight is 314 g/mol. The van der Waals surface area contributed by atoms with Crippen molar-refractivity contribution >= 4 is 17.6 Å². The van der Waals surface area contributed by atoms with Gasteiger partial charge < -0.3 is 10.4 Å². The lowest BCUT2D eigenvalue weighted by atomic mass is 10.1. The van der Waals surface area contributed by atoms with Crippen LogP contribution in [0.15, 0.2) is 54.6 Å². The van der Waals surface area contributed by atoms with Crippen molar-refractivity contribution in [2.45, 2.75) is 12.5 Å². The summed E-state index contributed by atoms with van der Waals surface area (Å²) in [4.78, 5) is 33.4. The minimum atomic E-state index is -1.15. The van der Waals surface area contributed by atoms with Crippen molar-refractivity contribution in [3.63, 3.8) is 0 Å². The van der Waals surface area contributed by atoms with Crippen molar-refractivity contribution in [3.05, 3.63) is 75.8 Å². The number of benzene rings is 2. The first-order valence-corrected chi connectivity index (χ1v) is 6.79. The summed E-state index contributed by atoms with van der Waals surface area (Å²) in [6.07, 6.45) is 0.148. The maximum Gasteiger partial charge on any atom is 0.326 e. The lowest BCUT2D eigenvalue weighted by Gasteiger charge is -2.14. The van der Waals surface area contributed by atoms with Crippen LogP contribution in [-0.4, -0.2) is 27.9 Å². The standard InChI is InChI=1S/C16H14N2O5/c19-15(12-6-8-13(9-7-12)18(22)23)17-14(16(20)21)10-11-4-2-1-3-5-11/h1-9,14H,10H2,(H,17,19)(H,20,21)/t14-/m1/s1. The van der Waals surface area contributed by atoms with Gasteiger partial charge in [0.1, 0.15) is 6.04 Å². The van der Waals surface area contributed by atoms with Crippen LogP contribution < -0.4 is 5.32 Å². The highest BCUT2D eigenvalue weighted by Crippen LogP contribution is 2.12. The van der Waals surface area contributed by atoms with Gasteiger partial charge in [-0.3, -0.25) is 14.9 Å². The van der Waals surface area contributed by atoms with Crippen LogP contribution in [0.4, 0.5) is 5.69 Å². The number of carboxylic acid groups (broad SMARTS) is 1. The molecule has 118 valence electrons. The molecular weight excluding hydrogens is 300 g/mol. The fourth-order valence-electron chi connectivity index (χ4n) is 2.03. The molecular formula is C16H14N2O5. The number of hydrogen-bond acceptors (Lipinski definition) is 4. The van der Waals surface area contributed by atoms with Crippen LogP contribution in [0.1, 0.15) is 15.9 Å². The second-order valence-corrected chi connectivity index (χ2v) is 4.86. The zero-order chi connectivity index (χ0) is 16.8. The van der Waals surface area contributed by atoms with Gasteiger partial charge in [-0.1, -0.05) is 30.3 Å². The number of carbonyl (C=O) groups is 2. The van der Waals surface area contributed by atoms with E-state index in [4.69, 9.17) is 0 Å². The van der Waals surface area contributed by atoms with Gasteiger partial charge in [0.25, 0.3) is 11.6 Å². The number of rotatable bonds is 6. The van der Waals surface area contributed by atoms with Gasteiger partial charge in [0, 0.05) is 24.1 Å². The Hall–Kier alpha value is -3.22. The van der Waals surface area contributed by atoms with Crippen molar-refractivity contribution in [1.29, 1.82) is 0 Å². The average Bonchev–Trinajstić information content (AvgIpc) is 2.55. The first-order chi connectivity index (χ1) is 11.0. The monoisotopic (exact) mass is 314 g/mol. The third kappa shape index (κ3) is 4.37. The minimum absolute atomic E-state index is 0.138. The summed E-state index contributed by atoms with van der Waals surface area (Å²) < 4.78 is 0. The number of carbonyl (C=O) groups excluding carboxylic acids is 1. The number of nitrogens with one attached hydrogen (secondary N) is 1. The Bertz CT molecular complexity index is 713. The smallest absolute Gasteiger partial charge is 0.326 e. The maximum atomic E-state index is 12.1. The molecule has 1 atom stereocenters. The van der Waals surface area contributed by atoms with E-state index >= 15 is 0 Å². The van der Waals surface area contributed by atoms with E-state index in [1.54, 1.807) is 24.3 Å². The Morgan fingerprint density at radius 3 is 2.22 bits per heavy atom. The number of nitro groups is 1. The SMILES string of the molecule is O=C(N[C@H](Cc1ccccc1)C(=O)O)c1ccc([N+](=O)[O-])cc1. The van der Waals surface area contributed by atoms with Gasteiger partial charge in [-0.25, -0.2) is 4.79 Å². The molecule has 23 heavy (non-hydrogen) atoms. The fraction of sp³-hybridized carbons (Fsp3) is 0.125. The van der Waals surface area contributed by atoms with E-state index in [9.17, 15) is 24.8 Å². The molecule has 7 heteroatoms. The summed E-state index contributed by atoms with van der Waals surface area (Å²) in [5.74, 6) is -1.74. The predicted octanol–water partition coefficient (Wildman–Crippen LogP) is 2.02. The first kappa shape index (κ1) is 16.2. The van der Waals surface area contributed by atoms with Crippen molar-refractivity contribution in [1.82, 2.24) is 5.32 Å². The lowest BCUT2D eigenvalue weighted by molar-refractivity contribution is -0.384. The van der Waals surface area contributed by atoms with E-state index in [2.05, 4.69) is 5.32 Å². The quantitative estimate of drug-likeness (QED) is 0.626. The summed E-state index contributed by atoms with van der Waals surface area (Å²) in [7, 11) is 0. The van der Waals surface area contributed by atoms with Gasteiger partial charge in [0.15, 0.2) is 0 Å². The van der Waals surface area contributed by atoms with Crippen molar-refractivity contribution in [3.8, 4) is 0 Å². The Morgan fingerprint density at radius 2 is 1.70 bits per heavy atom. The fourth-order valence-corrected chi connectivity index (χ4v) is 2.03. The molecule has 0 saturated heterocycles. The summed E-state index contributed by atoms with van der Waals surface area (Å²) >= 11 is 0. The van der Waals surface area contributed by atoms with Gasteiger partial charge >= 0.3 is 5.97 Å². The van der Waals surface area contributed by atoms with Crippen LogP contribution in [0.5, 0.6) is 0 Å². The predicted molar refractivity (Wildman–Crippen MR) is 82.1 cm³/mol. The van der Waals surface area contributed by atoms with Crippen LogP contribution >= 0.6 is 0 Å². The number of amides is 1. The molecule has 7 nitrogen and oxygen atoms in total. The Balaban J connectivity index is 2.08. The number of hydrogen-bond donors (Lipinski definition) is 2. The second kappa shape index (κ2) is 7.17. The number of nitro benzene ring substituents is 1. The van der Waals surface area contributed by atoms with Gasteiger partial charge in [0.05, 0.1) is 4.92 Å². The van der Waals surface area contributed by atoms with Gasteiger partial charge in [-0.2, -0.15) is 0 Å². The van der Waals surface area contributed by atoms with E-state index in [-0.39, 0.29) is 17.7 Å². The molecule has 2 aromatic rings. The van der Waals surface area contributed by atoms with E-state index in [0.29, 0.717) is 0 Å². The lowest BCUT2D eigenvalue weighted by Crippen LogP contribution is -2.42. The number of non-ortho nitro benzene ring substituents is 1. The first-order valence-electron chi connectivity index (χ1n) is 6.79. The molecule has 2 N–H and O–H groups in total. The molecule has 0 aliphatic heterocycles. The highest BCUT2D eigenvalue weighted by Gasteiger charge is 2.21. The van der Waals surface area contributed by atoms with Gasteiger partial charge in [-0.15, -0.1) is 0 Å². The summed E-state index contributed by atoms with van der Waals surface area (Å²) in [6, 6.07) is 12.8. The molecule has 0 bridgehead atoms. The van der Waals surface area contributed by atoms with E-state index < -0.39 is 22.8 Å². The Labute approximate surface area is 131 Å². The van der Waals surface area contributed by atoms with E-state index in [1.165, 1.54) is 24.3 Å². The third-order valence-corrected chi connectivity index (χ3v) is 3.23. The Kier molecular flexibility index (Phi) is 5.03. The molecule has 0 aliphatic rings. The molecule has 1 amide bonds. The Morgan fingerprint density at radius 1 is 1.09 bits per heavy atom. The number of aliphatic carboxylic acids is 1. The van der Waals surface area contributed by atoms with Crippen LogP contribution in [0.2, 0.25) is 0 Å². The minimum Gasteiger partial charge on any atom is -0.480 e. The van der Waals surface area contributed by atoms with E-state index in [0.717, 1.165) is 5.56 Å². The molecule has 0 aliphatic carbocycles. The molecule has 0 heterocycles. The van der Waals surface area contributed by atoms with Crippen LogP contribution in [0.25, 0.3) is 0 Å². The number of nitrogens with zero attached hydrogens (tertiary/aromatic N) is 1. The van der Waals surface area contributed by atoms with Gasteiger partial charge in [0.2, 0.25) is 0 Å². The summed E-state index contributed by atoms with van der Waals surface area (Å²) in [5.41, 5.74) is 0.805. The van der Waals surface area contributed by atoms with Crippen LogP contribution in [-0.2, 0) is 11.2 Å². The van der Waals surface area contributed by atoms with Crippen molar-refractivity contribution in [2.75, 3.05) is 0 Å². The molecule has 0 spiro atoms. The highest BCUT2D eigenvalue weighted by molar-refractivity contribution is 5.96. The summed E-state index contributed by atoms with van der Waals surface area (Å²) in [5, 5.41) is 22.2. The third-order valence-electron chi connectivity index (χ3n) is 3.23. The van der Waals surface area contributed by atoms with Crippen molar-refractivity contribution < 1.29 is 19.6 Å². The molecule has 0 unspecified atom stereocenters. The van der Waals surface area contributed by atoms with Crippen LogP contribution in [0, 0.1) is 10.1 Å². The number of carboxylic acids is 1. The largest absolute Gasteiger partial charge is 0.480 e. The van der Waals surface area contributed by atoms with E-state index in [1.807, 2.05) is 6.07 Å². The molecule has 2 rings (SSSR count). The zero-order valence-electron chi connectivity index (χ0n) is 12.0. The second-order valence-electron chi connectivity index (χ2n) is 4.86. The zero-order valence-corrected chi connectivity index (χ0v) is 12.0. The molecule has 0 fully saturated rings. The van der Waals surface area contributed by atoms with Crippen molar-refractivity contribution in [2.24, 2.45) is 0 Å². The molecule has 0 radical (unpaired) electrons. The molecule has 0 saturated carbocycles. The molecule has 0 aromatic heterocycles. The van der Waals surface area contributed by atoms with Gasteiger partial charge in [-0.05, 0) is 17.7 Å². The molecule has 2 aromatic carbocycles.